The molecule has 1 aliphatic heterocycles. The van der Waals surface area contributed by atoms with Crippen LogP contribution in [0.4, 0.5) is 5.69 Å². The molecule has 3 N–H and O–H groups in total. The van der Waals surface area contributed by atoms with Gasteiger partial charge in [0.25, 0.3) is 0 Å². The van der Waals surface area contributed by atoms with Crippen molar-refractivity contribution in [3.8, 4) is 0 Å². The number of allylic oxidation sites excluding steroid dienone is 1. The van der Waals surface area contributed by atoms with E-state index in [1.54, 1.807) is 13.3 Å². The second-order valence-corrected chi connectivity index (χ2v) is 5.94. The molecule has 2 aromatic rings. The van der Waals surface area contributed by atoms with E-state index < -0.39 is 0 Å². The van der Waals surface area contributed by atoms with Gasteiger partial charge in [-0.05, 0) is 35.4 Å². The van der Waals surface area contributed by atoms with E-state index >= 15 is 0 Å². The van der Waals surface area contributed by atoms with E-state index in [9.17, 15) is 0 Å². The van der Waals surface area contributed by atoms with E-state index in [-0.39, 0.29) is 5.37 Å². The maximum atomic E-state index is 6.08. The Bertz CT molecular complexity index is 682. The number of hydrogen-bond acceptors (Lipinski definition) is 4. The Kier molecular flexibility index (Phi) is 3.97. The molecule has 4 heteroatoms. The highest BCUT2D eigenvalue weighted by Crippen LogP contribution is 2.46. The van der Waals surface area contributed by atoms with Crippen LogP contribution in [0.2, 0.25) is 0 Å². The summed E-state index contributed by atoms with van der Waals surface area (Å²) in [7, 11) is 1.73. The van der Waals surface area contributed by atoms with Gasteiger partial charge in [-0.25, -0.2) is 0 Å². The lowest BCUT2D eigenvalue weighted by atomic mass is 10.1. The van der Waals surface area contributed by atoms with Gasteiger partial charge >= 0.3 is 0 Å². The van der Waals surface area contributed by atoms with Crippen LogP contribution in [-0.4, -0.2) is 13.3 Å². The van der Waals surface area contributed by atoms with E-state index in [2.05, 4.69) is 46.7 Å². The van der Waals surface area contributed by atoms with Crippen LogP contribution in [0.25, 0.3) is 5.70 Å². The maximum absolute atomic E-state index is 6.08. The number of benzene rings is 2. The third kappa shape index (κ3) is 2.95. The molecule has 3 rings (SSSR count). The molecule has 3 nitrogen and oxygen atoms in total. The van der Waals surface area contributed by atoms with Gasteiger partial charge in [0.05, 0.1) is 0 Å². The number of aliphatic imine (C=N–C) groups is 1. The maximum Gasteiger partial charge on any atom is 0.103 e. The monoisotopic (exact) mass is 295 g/mol. The molecular weight excluding hydrogens is 278 g/mol. The molecule has 2 aromatic carbocycles. The summed E-state index contributed by atoms with van der Waals surface area (Å²) in [5.74, 6) is 0. The summed E-state index contributed by atoms with van der Waals surface area (Å²) in [5.41, 5.74) is 10.2. The van der Waals surface area contributed by atoms with E-state index in [4.69, 9.17) is 5.73 Å². The first-order chi connectivity index (χ1) is 10.3. The summed E-state index contributed by atoms with van der Waals surface area (Å²) >= 11 is 1.83. The lowest BCUT2D eigenvalue weighted by Crippen LogP contribution is -2.03. The number of nitrogens with two attached hydrogens (primary N) is 1. The van der Waals surface area contributed by atoms with Crippen molar-refractivity contribution in [2.24, 2.45) is 10.7 Å². The van der Waals surface area contributed by atoms with Crippen LogP contribution >= 0.6 is 11.8 Å². The zero-order valence-electron chi connectivity index (χ0n) is 11.8. The summed E-state index contributed by atoms with van der Waals surface area (Å²) in [6, 6.07) is 16.7. The summed E-state index contributed by atoms with van der Waals surface area (Å²) < 4.78 is 0. The van der Waals surface area contributed by atoms with E-state index in [0.717, 1.165) is 11.3 Å². The molecule has 0 aliphatic carbocycles. The highest BCUT2D eigenvalue weighted by molar-refractivity contribution is 8.00. The van der Waals surface area contributed by atoms with Gasteiger partial charge in [-0.15, -0.1) is 0 Å². The van der Waals surface area contributed by atoms with Gasteiger partial charge in [0, 0.05) is 29.5 Å². The fraction of sp³-hybridized carbons (Fsp3) is 0.118. The van der Waals surface area contributed by atoms with Gasteiger partial charge in [0.1, 0.15) is 5.37 Å². The second kappa shape index (κ2) is 6.06. The molecule has 21 heavy (non-hydrogen) atoms. The third-order valence-corrected chi connectivity index (χ3v) is 4.58. The lowest BCUT2D eigenvalue weighted by Gasteiger charge is -2.12. The van der Waals surface area contributed by atoms with E-state index in [1.807, 2.05) is 30.0 Å². The molecule has 0 saturated heterocycles. The molecule has 0 fully saturated rings. The number of thioether (sulfide) groups is 1. The molecule has 106 valence electrons. The number of hydrogen-bond donors (Lipinski definition) is 2. The Labute approximate surface area is 129 Å². The van der Waals surface area contributed by atoms with Gasteiger partial charge in [0.2, 0.25) is 0 Å². The first-order valence-corrected chi connectivity index (χ1v) is 7.66. The third-order valence-electron chi connectivity index (χ3n) is 3.34. The topological polar surface area (TPSA) is 50.4 Å². The van der Waals surface area contributed by atoms with Crippen molar-refractivity contribution in [2.75, 3.05) is 12.4 Å². The average molecular weight is 295 g/mol. The predicted octanol–water partition coefficient (Wildman–Crippen LogP) is 3.90. The summed E-state index contributed by atoms with van der Waals surface area (Å²) in [4.78, 5) is 5.22. The molecule has 0 aromatic heterocycles. The molecule has 0 radical (unpaired) electrons. The van der Waals surface area contributed by atoms with Crippen molar-refractivity contribution in [2.45, 2.75) is 10.3 Å². The van der Waals surface area contributed by atoms with Crippen LogP contribution in [0.3, 0.4) is 0 Å². The Morgan fingerprint density at radius 3 is 2.90 bits per heavy atom. The number of anilines is 1. The quantitative estimate of drug-likeness (QED) is 0.844. The minimum atomic E-state index is 0.231. The molecule has 1 aliphatic rings. The fourth-order valence-electron chi connectivity index (χ4n) is 2.27. The van der Waals surface area contributed by atoms with Crippen molar-refractivity contribution in [3.05, 3.63) is 65.7 Å². The molecule has 1 atom stereocenters. The van der Waals surface area contributed by atoms with Crippen LogP contribution in [-0.2, 0) is 0 Å². The Hall–Kier alpha value is -2.20. The highest BCUT2D eigenvalue weighted by Gasteiger charge is 2.22. The number of fused-ring (bicyclic) bond motifs is 1. The molecule has 1 heterocycles. The Morgan fingerprint density at radius 1 is 1.24 bits per heavy atom. The van der Waals surface area contributed by atoms with Crippen LogP contribution < -0.4 is 11.1 Å². The minimum Gasteiger partial charge on any atom is -0.398 e. The standard InChI is InChI=1S/C17H17N3S/c1-19-10-9-14(18)12-5-4-6-13(11-12)17-20-15-7-2-3-8-16(15)21-17/h2-11,17,20H,18H2,1H3. The normalized spacial score (nSPS) is 17.8. The van der Waals surface area contributed by atoms with E-state index in [1.165, 1.54) is 16.1 Å². The number of nitrogens with zero attached hydrogens (tertiary/aromatic N) is 1. The fourth-order valence-corrected chi connectivity index (χ4v) is 3.40. The lowest BCUT2D eigenvalue weighted by molar-refractivity contribution is 1.13. The van der Waals surface area contributed by atoms with Crippen molar-refractivity contribution in [1.29, 1.82) is 0 Å². The smallest absolute Gasteiger partial charge is 0.103 e. The van der Waals surface area contributed by atoms with Crippen molar-refractivity contribution in [1.82, 2.24) is 0 Å². The zero-order chi connectivity index (χ0) is 14.7. The van der Waals surface area contributed by atoms with Crippen LogP contribution in [0, 0.1) is 0 Å². The molecule has 1 unspecified atom stereocenters. The number of para-hydroxylation sites is 1. The van der Waals surface area contributed by atoms with Crippen molar-refractivity contribution < 1.29 is 0 Å². The largest absolute Gasteiger partial charge is 0.398 e. The van der Waals surface area contributed by atoms with Crippen molar-refractivity contribution >= 4 is 29.4 Å². The van der Waals surface area contributed by atoms with Crippen LogP contribution in [0.15, 0.2) is 64.5 Å². The van der Waals surface area contributed by atoms with E-state index in [0.29, 0.717) is 0 Å². The summed E-state index contributed by atoms with van der Waals surface area (Å²) in [5, 5.41) is 3.77. The predicted molar refractivity (Wildman–Crippen MR) is 91.7 cm³/mol. The first-order valence-electron chi connectivity index (χ1n) is 6.78. The van der Waals surface area contributed by atoms with Gasteiger partial charge in [-0.2, -0.15) is 0 Å². The molecule has 0 amide bonds. The highest BCUT2D eigenvalue weighted by atomic mass is 32.2. The molecule has 0 spiro atoms. The Morgan fingerprint density at radius 2 is 2.10 bits per heavy atom. The van der Waals surface area contributed by atoms with Gasteiger partial charge in [0.15, 0.2) is 0 Å². The zero-order valence-corrected chi connectivity index (χ0v) is 12.6. The minimum absolute atomic E-state index is 0.231. The van der Waals surface area contributed by atoms with Crippen molar-refractivity contribution in [3.63, 3.8) is 0 Å². The SMILES string of the molecule is CN=CC=C(N)c1cccc(C2Nc3ccccc3S2)c1. The summed E-state index contributed by atoms with van der Waals surface area (Å²) in [6.07, 6.45) is 3.53. The van der Waals surface area contributed by atoms with Crippen LogP contribution in [0.5, 0.6) is 0 Å². The average Bonchev–Trinajstić information content (AvgIpc) is 2.97. The summed E-state index contributed by atoms with van der Waals surface area (Å²) in [6.45, 7) is 0. The number of nitrogens with one attached hydrogen (secondary N) is 1. The van der Waals surface area contributed by atoms with Gasteiger partial charge < -0.3 is 11.1 Å². The molecule has 0 saturated carbocycles. The number of rotatable bonds is 3. The van der Waals surface area contributed by atoms with Gasteiger partial charge in [-0.3, -0.25) is 4.99 Å². The van der Waals surface area contributed by atoms with Crippen LogP contribution in [0.1, 0.15) is 16.5 Å². The molecular formula is C17H17N3S. The van der Waals surface area contributed by atoms with Gasteiger partial charge in [-0.1, -0.05) is 42.1 Å². The first kappa shape index (κ1) is 13.8. The molecule has 0 bridgehead atoms. The Balaban J connectivity index is 1.85. The second-order valence-electron chi connectivity index (χ2n) is 4.79.